The molecule has 0 saturated carbocycles. The minimum absolute atomic E-state index is 0.146. The summed E-state index contributed by atoms with van der Waals surface area (Å²) >= 11 is 3.43. The van der Waals surface area contributed by atoms with E-state index in [1.165, 1.54) is 0 Å². The van der Waals surface area contributed by atoms with E-state index in [9.17, 15) is 4.79 Å². The predicted molar refractivity (Wildman–Crippen MR) is 106 cm³/mol. The van der Waals surface area contributed by atoms with Crippen LogP contribution in [0.4, 0.5) is 10.5 Å². The van der Waals surface area contributed by atoms with E-state index < -0.39 is 0 Å². The Labute approximate surface area is 162 Å². The quantitative estimate of drug-likeness (QED) is 0.754. The first-order valence-electron chi connectivity index (χ1n) is 8.65. The molecule has 1 fully saturated rings. The minimum atomic E-state index is -0.208. The second kappa shape index (κ2) is 9.12. The molecule has 2 heterocycles. The van der Waals surface area contributed by atoms with E-state index in [-0.39, 0.29) is 12.1 Å². The van der Waals surface area contributed by atoms with Crippen molar-refractivity contribution in [1.82, 2.24) is 15.2 Å². The van der Waals surface area contributed by atoms with Gasteiger partial charge in [0, 0.05) is 49.0 Å². The maximum Gasteiger partial charge on any atom is 0.319 e. The van der Waals surface area contributed by atoms with Crippen molar-refractivity contribution in [2.24, 2.45) is 0 Å². The van der Waals surface area contributed by atoms with Crippen LogP contribution in [0.25, 0.3) is 11.3 Å². The van der Waals surface area contributed by atoms with Gasteiger partial charge in [-0.25, -0.2) is 4.79 Å². The predicted octanol–water partition coefficient (Wildman–Crippen LogP) is 3.35. The molecule has 1 aliphatic rings. The topological polar surface area (TPSA) is 66.5 Å². The third-order valence-electron chi connectivity index (χ3n) is 4.37. The van der Waals surface area contributed by atoms with Gasteiger partial charge in [-0.1, -0.05) is 30.3 Å². The number of likely N-dealkylation sites (tertiary alicyclic amines) is 1. The monoisotopic (exact) mass is 418 g/mol. The van der Waals surface area contributed by atoms with Gasteiger partial charge in [-0.3, -0.25) is 9.88 Å². The number of rotatable bonds is 6. The zero-order chi connectivity index (χ0) is 18.4. The van der Waals surface area contributed by atoms with Crippen LogP contribution in [0.2, 0.25) is 0 Å². The number of methoxy groups -OCH3 is 1. The van der Waals surface area contributed by atoms with Crippen LogP contribution in [-0.2, 0) is 4.74 Å². The smallest absolute Gasteiger partial charge is 0.319 e. The molecule has 0 spiro atoms. The average Bonchev–Trinajstić information content (AvgIpc) is 3.08. The Balaban J connectivity index is 1.64. The summed E-state index contributed by atoms with van der Waals surface area (Å²) in [4.78, 5) is 19.2. The van der Waals surface area contributed by atoms with E-state index in [1.807, 2.05) is 36.4 Å². The molecule has 0 bridgehead atoms. The number of carbonyl (C=O) groups is 1. The Morgan fingerprint density at radius 3 is 2.96 bits per heavy atom. The molecule has 1 saturated heterocycles. The van der Waals surface area contributed by atoms with Crippen molar-refractivity contribution in [3.8, 4) is 11.3 Å². The molecule has 138 valence electrons. The van der Waals surface area contributed by atoms with Crippen LogP contribution in [0.15, 0.2) is 47.1 Å². The number of benzene rings is 1. The summed E-state index contributed by atoms with van der Waals surface area (Å²) in [6, 6.07) is 11.6. The molecule has 1 atom stereocenters. The number of anilines is 1. The van der Waals surface area contributed by atoms with Gasteiger partial charge < -0.3 is 15.4 Å². The van der Waals surface area contributed by atoms with Gasteiger partial charge in [0.2, 0.25) is 0 Å². The van der Waals surface area contributed by atoms with Crippen molar-refractivity contribution in [2.45, 2.75) is 12.5 Å². The summed E-state index contributed by atoms with van der Waals surface area (Å²) in [5.41, 5.74) is 2.39. The lowest BCUT2D eigenvalue weighted by atomic mass is 10.1. The maximum atomic E-state index is 12.5. The molecule has 2 amide bonds. The third kappa shape index (κ3) is 5.03. The van der Waals surface area contributed by atoms with E-state index in [4.69, 9.17) is 4.74 Å². The highest BCUT2D eigenvalue weighted by Crippen LogP contribution is 2.28. The van der Waals surface area contributed by atoms with Gasteiger partial charge in [0.25, 0.3) is 0 Å². The molecule has 7 heteroatoms. The van der Waals surface area contributed by atoms with E-state index in [1.54, 1.807) is 13.3 Å². The largest absolute Gasteiger partial charge is 0.383 e. The number of nitrogens with one attached hydrogen (secondary N) is 2. The highest BCUT2D eigenvalue weighted by atomic mass is 79.9. The van der Waals surface area contributed by atoms with E-state index in [2.05, 4.69) is 36.4 Å². The second-order valence-electron chi connectivity index (χ2n) is 6.29. The van der Waals surface area contributed by atoms with Crippen molar-refractivity contribution in [3.63, 3.8) is 0 Å². The molecule has 1 aromatic carbocycles. The lowest BCUT2D eigenvalue weighted by molar-refractivity contribution is 0.160. The average molecular weight is 419 g/mol. The summed E-state index contributed by atoms with van der Waals surface area (Å²) in [5.74, 6) is 0. The van der Waals surface area contributed by atoms with E-state index in [0.717, 1.165) is 41.8 Å². The Hall–Kier alpha value is -1.96. The summed E-state index contributed by atoms with van der Waals surface area (Å²) in [6.45, 7) is 3.42. The molecule has 1 aromatic heterocycles. The summed E-state index contributed by atoms with van der Waals surface area (Å²) in [6.07, 6.45) is 2.68. The summed E-state index contributed by atoms with van der Waals surface area (Å²) < 4.78 is 5.93. The normalized spacial score (nSPS) is 17.2. The first-order chi connectivity index (χ1) is 12.7. The number of nitrogens with zero attached hydrogens (tertiary/aromatic N) is 2. The van der Waals surface area contributed by atoms with Gasteiger partial charge in [-0.05, 0) is 28.4 Å². The molecule has 6 nitrogen and oxygen atoms in total. The highest BCUT2D eigenvalue weighted by molar-refractivity contribution is 9.10. The lowest BCUT2D eigenvalue weighted by Crippen LogP contribution is -2.40. The number of urea groups is 1. The number of hydrogen-bond acceptors (Lipinski definition) is 4. The van der Waals surface area contributed by atoms with Gasteiger partial charge in [0.05, 0.1) is 18.0 Å². The standard InChI is InChI=1S/C19H23BrN4O2/c1-26-10-9-24-8-7-16(13-24)22-19(25)23-17-11-15(20)12-21-18(17)14-5-3-2-4-6-14/h2-6,11-12,16H,7-10,13H2,1H3,(H2,22,23,25)/t16-/m0/s1. The zero-order valence-corrected chi connectivity index (χ0v) is 16.3. The SMILES string of the molecule is COCCN1CC[C@H](NC(=O)Nc2cc(Br)cnc2-c2ccccc2)C1. The fraction of sp³-hybridized carbons (Fsp3) is 0.368. The zero-order valence-electron chi connectivity index (χ0n) is 14.7. The van der Waals surface area contributed by atoms with Crippen molar-refractivity contribution in [3.05, 3.63) is 47.1 Å². The van der Waals surface area contributed by atoms with Crippen LogP contribution in [-0.4, -0.2) is 55.3 Å². The van der Waals surface area contributed by atoms with Gasteiger partial charge >= 0.3 is 6.03 Å². The molecule has 0 unspecified atom stereocenters. The van der Waals surface area contributed by atoms with Crippen LogP contribution in [0.1, 0.15) is 6.42 Å². The van der Waals surface area contributed by atoms with Gasteiger partial charge in [-0.15, -0.1) is 0 Å². The Morgan fingerprint density at radius 2 is 2.19 bits per heavy atom. The number of halogens is 1. The van der Waals surface area contributed by atoms with Crippen molar-refractivity contribution >= 4 is 27.6 Å². The molecule has 0 aliphatic carbocycles. The van der Waals surface area contributed by atoms with Crippen LogP contribution in [0, 0.1) is 0 Å². The number of carbonyl (C=O) groups excluding carboxylic acids is 1. The third-order valence-corrected chi connectivity index (χ3v) is 4.80. The lowest BCUT2D eigenvalue weighted by Gasteiger charge is -2.17. The van der Waals surface area contributed by atoms with Crippen molar-refractivity contribution < 1.29 is 9.53 Å². The Morgan fingerprint density at radius 1 is 1.38 bits per heavy atom. The van der Waals surface area contributed by atoms with Crippen molar-refractivity contribution in [2.75, 3.05) is 38.7 Å². The Kier molecular flexibility index (Phi) is 6.60. The number of ether oxygens (including phenoxy) is 1. The number of pyridine rings is 1. The molecular weight excluding hydrogens is 396 g/mol. The van der Waals surface area contributed by atoms with Gasteiger partial charge in [0.1, 0.15) is 0 Å². The van der Waals surface area contributed by atoms with Crippen LogP contribution in [0.3, 0.4) is 0 Å². The maximum absolute atomic E-state index is 12.5. The van der Waals surface area contributed by atoms with Crippen LogP contribution in [0.5, 0.6) is 0 Å². The number of aromatic nitrogens is 1. The molecular formula is C19H23BrN4O2. The Bertz CT molecular complexity index is 742. The number of hydrogen-bond donors (Lipinski definition) is 2. The van der Waals surface area contributed by atoms with Gasteiger partial charge in [0.15, 0.2) is 0 Å². The fourth-order valence-corrected chi connectivity index (χ4v) is 3.41. The molecule has 1 aliphatic heterocycles. The van der Waals surface area contributed by atoms with Gasteiger partial charge in [-0.2, -0.15) is 0 Å². The molecule has 0 radical (unpaired) electrons. The van der Waals surface area contributed by atoms with Crippen molar-refractivity contribution in [1.29, 1.82) is 0 Å². The second-order valence-corrected chi connectivity index (χ2v) is 7.21. The molecule has 2 N–H and O–H groups in total. The first-order valence-corrected chi connectivity index (χ1v) is 9.45. The molecule has 3 rings (SSSR count). The van der Waals surface area contributed by atoms with E-state index >= 15 is 0 Å². The highest BCUT2D eigenvalue weighted by Gasteiger charge is 2.23. The number of amides is 2. The summed E-state index contributed by atoms with van der Waals surface area (Å²) in [5, 5.41) is 6.01. The minimum Gasteiger partial charge on any atom is -0.383 e. The first kappa shape index (κ1) is 18.8. The van der Waals surface area contributed by atoms with Crippen LogP contribution < -0.4 is 10.6 Å². The summed E-state index contributed by atoms with van der Waals surface area (Å²) in [7, 11) is 1.70. The molecule has 2 aromatic rings. The van der Waals surface area contributed by atoms with E-state index in [0.29, 0.717) is 12.3 Å². The molecule has 26 heavy (non-hydrogen) atoms. The van der Waals surface area contributed by atoms with Crippen LogP contribution >= 0.6 is 15.9 Å². The fourth-order valence-electron chi connectivity index (χ4n) is 3.08.